The molecule has 0 radical (unpaired) electrons. The number of aromatic nitrogens is 3. The van der Waals surface area contributed by atoms with Crippen LogP contribution in [0.1, 0.15) is 32.0 Å². The number of rotatable bonds is 4. The monoisotopic (exact) mass is 545 g/mol. The second-order valence-electron chi connectivity index (χ2n) is 6.82. The van der Waals surface area contributed by atoms with E-state index >= 15 is 0 Å². The van der Waals surface area contributed by atoms with Gasteiger partial charge in [-0.2, -0.15) is 10.4 Å². The van der Waals surface area contributed by atoms with E-state index in [4.69, 9.17) is 11.6 Å². The molecule has 0 atom stereocenters. The van der Waals surface area contributed by atoms with Crippen molar-refractivity contribution >= 4 is 51.1 Å². The molecule has 2 aromatic heterocycles. The summed E-state index contributed by atoms with van der Waals surface area (Å²) in [5.41, 5.74) is 3.06. The summed E-state index contributed by atoms with van der Waals surface area (Å²) in [5.74, 6) is -1.08. The van der Waals surface area contributed by atoms with Crippen LogP contribution in [0.4, 0.5) is 10.5 Å². The Hall–Kier alpha value is -3.95. The van der Waals surface area contributed by atoms with Crippen LogP contribution in [0.25, 0.3) is 5.82 Å². The molecular weight excluding hydrogens is 530 g/mol. The van der Waals surface area contributed by atoms with E-state index in [0.29, 0.717) is 10.2 Å². The van der Waals surface area contributed by atoms with Crippen LogP contribution < -0.4 is 10.7 Å². The van der Waals surface area contributed by atoms with Gasteiger partial charge in [0.25, 0.3) is 11.8 Å². The third-order valence-corrected chi connectivity index (χ3v) is 5.22. The lowest BCUT2D eigenvalue weighted by molar-refractivity contribution is 0.0691. The van der Waals surface area contributed by atoms with Gasteiger partial charge in [-0.15, -0.1) is 0 Å². The van der Waals surface area contributed by atoms with Crippen molar-refractivity contribution in [3.63, 3.8) is 0 Å². The number of amides is 3. The highest BCUT2D eigenvalue weighted by Gasteiger charge is 2.24. The molecule has 0 spiro atoms. The summed E-state index contributed by atoms with van der Waals surface area (Å²) in [5, 5.41) is 17.4. The van der Waals surface area contributed by atoms with Crippen molar-refractivity contribution in [3.8, 4) is 11.9 Å². The number of anilines is 1. The van der Waals surface area contributed by atoms with Gasteiger partial charge in [0, 0.05) is 19.3 Å². The zero-order valence-corrected chi connectivity index (χ0v) is 20.4. The first-order valence-corrected chi connectivity index (χ1v) is 10.7. The second kappa shape index (κ2) is 10.3. The van der Waals surface area contributed by atoms with E-state index in [2.05, 4.69) is 41.5 Å². The Morgan fingerprint density at radius 2 is 2.03 bits per heavy atom. The number of ether oxygens (including phenoxy) is 1. The summed E-state index contributed by atoms with van der Waals surface area (Å²) in [7, 11) is 2.45. The van der Waals surface area contributed by atoms with Gasteiger partial charge in [0.15, 0.2) is 5.82 Å². The molecule has 34 heavy (non-hydrogen) atoms. The Labute approximate surface area is 207 Å². The molecule has 0 fully saturated rings. The maximum Gasteiger partial charge on any atom is 0.425 e. The molecule has 2 N–H and O–H groups in total. The first-order chi connectivity index (χ1) is 16.2. The number of hydrogen-bond donors (Lipinski definition) is 2. The zero-order chi connectivity index (χ0) is 25.0. The number of pyridine rings is 1. The molecule has 0 aliphatic rings. The molecule has 13 heteroatoms. The topological polar surface area (TPSA) is 142 Å². The summed E-state index contributed by atoms with van der Waals surface area (Å²) >= 11 is 9.47. The molecule has 0 bridgehead atoms. The molecule has 174 valence electrons. The Kier molecular flexibility index (Phi) is 7.50. The second-order valence-corrected chi connectivity index (χ2v) is 8.04. The van der Waals surface area contributed by atoms with E-state index < -0.39 is 17.9 Å². The number of halogens is 2. The van der Waals surface area contributed by atoms with Crippen molar-refractivity contribution in [3.05, 3.63) is 68.5 Å². The molecule has 11 nitrogen and oxygen atoms in total. The largest absolute Gasteiger partial charge is 0.452 e. The van der Waals surface area contributed by atoms with Crippen LogP contribution in [-0.4, -0.2) is 51.8 Å². The Morgan fingerprint density at radius 1 is 1.29 bits per heavy atom. The fourth-order valence-electron chi connectivity index (χ4n) is 2.99. The van der Waals surface area contributed by atoms with Crippen molar-refractivity contribution in [2.75, 3.05) is 19.5 Å². The van der Waals surface area contributed by atoms with Gasteiger partial charge < -0.3 is 10.1 Å². The standard InChI is InChI=1S/C21H17BrClN7O4/c1-11-7-12(10-24)8-13(20(32)29(2)28-21(33)34-3)17(11)26-19(31)15-9-16(22)27-30(15)18-14(23)5-4-6-25-18/h4-9H,1-3H3,(H,26,31)(H,28,33). The van der Waals surface area contributed by atoms with E-state index in [1.54, 1.807) is 19.1 Å². The minimum Gasteiger partial charge on any atom is -0.452 e. The van der Waals surface area contributed by atoms with Gasteiger partial charge in [-0.3, -0.25) is 14.6 Å². The fraction of sp³-hybridized carbons (Fsp3) is 0.143. The highest BCUT2D eigenvalue weighted by Crippen LogP contribution is 2.26. The third kappa shape index (κ3) is 5.16. The van der Waals surface area contributed by atoms with Gasteiger partial charge in [0.1, 0.15) is 10.3 Å². The van der Waals surface area contributed by atoms with Crippen molar-refractivity contribution in [2.45, 2.75) is 6.92 Å². The number of nitriles is 1. The minimum atomic E-state index is -0.865. The molecule has 3 rings (SSSR count). The quantitative estimate of drug-likeness (QED) is 0.477. The van der Waals surface area contributed by atoms with Crippen molar-refractivity contribution in [1.29, 1.82) is 5.26 Å². The summed E-state index contributed by atoms with van der Waals surface area (Å²) < 4.78 is 6.11. The number of carbonyl (C=O) groups excluding carboxylic acids is 3. The van der Waals surface area contributed by atoms with E-state index in [9.17, 15) is 19.6 Å². The maximum absolute atomic E-state index is 13.3. The van der Waals surface area contributed by atoms with Crippen molar-refractivity contribution in [2.24, 2.45) is 0 Å². The number of methoxy groups -OCH3 is 1. The van der Waals surface area contributed by atoms with Crippen molar-refractivity contribution < 1.29 is 19.1 Å². The highest BCUT2D eigenvalue weighted by molar-refractivity contribution is 9.10. The average molecular weight is 547 g/mol. The van der Waals surface area contributed by atoms with Gasteiger partial charge in [-0.05, 0) is 52.7 Å². The minimum absolute atomic E-state index is 0.0233. The fourth-order valence-corrected chi connectivity index (χ4v) is 3.56. The molecular formula is C21H17BrClN7O4. The number of hydrazine groups is 1. The Bertz CT molecular complexity index is 1340. The first kappa shape index (κ1) is 24.7. The average Bonchev–Trinajstić information content (AvgIpc) is 3.21. The normalized spacial score (nSPS) is 10.2. The van der Waals surface area contributed by atoms with E-state index in [1.807, 2.05) is 6.07 Å². The molecule has 0 aliphatic heterocycles. The van der Waals surface area contributed by atoms with Crippen LogP contribution >= 0.6 is 27.5 Å². The van der Waals surface area contributed by atoms with Crippen LogP contribution in [0.3, 0.4) is 0 Å². The molecule has 0 aliphatic carbocycles. The third-order valence-electron chi connectivity index (χ3n) is 4.53. The van der Waals surface area contributed by atoms with Crippen LogP contribution in [-0.2, 0) is 4.74 Å². The van der Waals surface area contributed by atoms with E-state index in [1.165, 1.54) is 36.1 Å². The molecule has 3 aromatic rings. The van der Waals surface area contributed by atoms with Crippen LogP contribution in [0.2, 0.25) is 5.02 Å². The number of hydrogen-bond acceptors (Lipinski definition) is 7. The number of nitrogens with one attached hydrogen (secondary N) is 2. The first-order valence-electron chi connectivity index (χ1n) is 9.51. The Morgan fingerprint density at radius 3 is 2.68 bits per heavy atom. The predicted octanol–water partition coefficient (Wildman–Crippen LogP) is 3.46. The summed E-state index contributed by atoms with van der Waals surface area (Å²) in [4.78, 5) is 42.0. The lowest BCUT2D eigenvalue weighted by Gasteiger charge is -2.20. The summed E-state index contributed by atoms with van der Waals surface area (Å²) in [6, 6.07) is 9.50. The number of aryl methyl sites for hydroxylation is 1. The number of carbonyl (C=O) groups is 3. The highest BCUT2D eigenvalue weighted by atomic mass is 79.9. The van der Waals surface area contributed by atoms with E-state index in [0.717, 1.165) is 12.1 Å². The summed E-state index contributed by atoms with van der Waals surface area (Å²) in [6.45, 7) is 1.63. The van der Waals surface area contributed by atoms with Crippen LogP contribution in [0, 0.1) is 18.3 Å². The molecule has 0 unspecified atom stereocenters. The predicted molar refractivity (Wildman–Crippen MR) is 126 cm³/mol. The molecule has 3 amide bonds. The van der Waals surface area contributed by atoms with E-state index in [-0.39, 0.29) is 33.3 Å². The lowest BCUT2D eigenvalue weighted by Crippen LogP contribution is -2.43. The summed E-state index contributed by atoms with van der Waals surface area (Å²) in [6.07, 6.45) is 0.639. The van der Waals surface area contributed by atoms with Gasteiger partial charge in [-0.1, -0.05) is 11.6 Å². The van der Waals surface area contributed by atoms with Crippen LogP contribution in [0.15, 0.2) is 41.1 Å². The molecule has 2 heterocycles. The lowest BCUT2D eigenvalue weighted by atomic mass is 10.0. The number of nitrogens with zero attached hydrogens (tertiary/aromatic N) is 5. The molecule has 1 aromatic carbocycles. The van der Waals surface area contributed by atoms with Gasteiger partial charge in [0.2, 0.25) is 0 Å². The SMILES string of the molecule is COC(=O)NN(C)C(=O)c1cc(C#N)cc(C)c1NC(=O)c1cc(Br)nn1-c1ncccc1Cl. The molecule has 0 saturated carbocycles. The van der Waals surface area contributed by atoms with Gasteiger partial charge >= 0.3 is 6.09 Å². The Balaban J connectivity index is 2.03. The smallest absolute Gasteiger partial charge is 0.425 e. The molecule has 0 saturated heterocycles. The zero-order valence-electron chi connectivity index (χ0n) is 18.1. The maximum atomic E-state index is 13.3. The van der Waals surface area contributed by atoms with Crippen LogP contribution in [0.5, 0.6) is 0 Å². The van der Waals surface area contributed by atoms with Gasteiger partial charge in [0.05, 0.1) is 35.0 Å². The van der Waals surface area contributed by atoms with Gasteiger partial charge in [-0.25, -0.2) is 19.9 Å². The van der Waals surface area contributed by atoms with Crippen molar-refractivity contribution in [1.82, 2.24) is 25.2 Å². The number of benzene rings is 1.